The minimum absolute atomic E-state index is 0.0798. The van der Waals surface area contributed by atoms with E-state index in [0.29, 0.717) is 0 Å². The van der Waals surface area contributed by atoms with E-state index in [1.165, 1.54) is 5.56 Å². The fourth-order valence-corrected chi connectivity index (χ4v) is 3.73. The summed E-state index contributed by atoms with van der Waals surface area (Å²) in [5.41, 5.74) is 10.4. The Morgan fingerprint density at radius 3 is 2.12 bits per heavy atom. The van der Waals surface area contributed by atoms with E-state index < -0.39 is 0 Å². The second kappa shape index (κ2) is 7.89. The summed E-state index contributed by atoms with van der Waals surface area (Å²) in [4.78, 5) is 0. The van der Waals surface area contributed by atoms with Gasteiger partial charge in [-0.05, 0) is 23.3 Å². The summed E-state index contributed by atoms with van der Waals surface area (Å²) in [6, 6.07) is 30.5. The van der Waals surface area contributed by atoms with Crippen molar-refractivity contribution < 1.29 is 0 Å². The average Bonchev–Trinajstić information content (AvgIpc) is 2.74. The van der Waals surface area contributed by atoms with E-state index in [1.807, 2.05) is 54.6 Å². The van der Waals surface area contributed by atoms with Crippen molar-refractivity contribution in [1.29, 1.82) is 0 Å². The maximum absolute atomic E-state index is 4.63. The molecule has 26 heavy (non-hydrogen) atoms. The number of hydrogen-bond donors (Lipinski definition) is 2. The highest BCUT2D eigenvalue weighted by molar-refractivity contribution is 8.14. The SMILES string of the molecule is c1ccc(N/N=C2\NN=C(c3ccccc3)C(c3ccccc3)S2)cc1. The van der Waals surface area contributed by atoms with Crippen molar-refractivity contribution in [3.8, 4) is 0 Å². The molecule has 4 rings (SSSR count). The molecule has 3 aromatic carbocycles. The number of hydrazone groups is 2. The largest absolute Gasteiger partial charge is 0.276 e. The Kier molecular flexibility index (Phi) is 4.98. The molecule has 0 fully saturated rings. The van der Waals surface area contributed by atoms with Crippen LogP contribution < -0.4 is 10.9 Å². The molecular formula is C21H18N4S. The second-order valence-corrected chi connectivity index (χ2v) is 6.87. The van der Waals surface area contributed by atoms with E-state index in [9.17, 15) is 0 Å². The zero-order valence-electron chi connectivity index (χ0n) is 14.0. The van der Waals surface area contributed by atoms with E-state index in [-0.39, 0.29) is 5.25 Å². The number of amidine groups is 1. The minimum atomic E-state index is 0.0798. The Morgan fingerprint density at radius 1 is 0.808 bits per heavy atom. The second-order valence-electron chi connectivity index (χ2n) is 5.78. The summed E-state index contributed by atoms with van der Waals surface area (Å²) < 4.78 is 0. The molecule has 0 aromatic heterocycles. The Labute approximate surface area is 157 Å². The molecule has 0 bridgehead atoms. The molecule has 3 aromatic rings. The van der Waals surface area contributed by atoms with Crippen molar-refractivity contribution in [2.75, 3.05) is 5.43 Å². The standard InChI is InChI=1S/C21H18N4S/c1-4-10-16(11-5-1)19-20(17-12-6-2-7-13-17)26-21(25-23-19)24-22-18-14-8-3-9-15-18/h1-15,20,22H,(H,24,25). The van der Waals surface area contributed by atoms with Crippen LogP contribution in [0.2, 0.25) is 0 Å². The van der Waals surface area contributed by atoms with Gasteiger partial charge in [-0.25, -0.2) is 0 Å². The lowest BCUT2D eigenvalue weighted by Crippen LogP contribution is -2.28. The average molecular weight is 358 g/mol. The highest BCUT2D eigenvalue weighted by atomic mass is 32.2. The molecule has 1 unspecified atom stereocenters. The van der Waals surface area contributed by atoms with Gasteiger partial charge < -0.3 is 0 Å². The van der Waals surface area contributed by atoms with Gasteiger partial charge in [-0.2, -0.15) is 5.10 Å². The van der Waals surface area contributed by atoms with Crippen LogP contribution >= 0.6 is 11.8 Å². The highest BCUT2D eigenvalue weighted by Gasteiger charge is 2.27. The summed E-state index contributed by atoms with van der Waals surface area (Å²) >= 11 is 1.65. The van der Waals surface area contributed by atoms with Crippen molar-refractivity contribution in [1.82, 2.24) is 5.43 Å². The Hall–Kier alpha value is -3.05. The maximum atomic E-state index is 4.63. The fourth-order valence-electron chi connectivity index (χ4n) is 2.72. The monoisotopic (exact) mass is 358 g/mol. The van der Waals surface area contributed by atoms with E-state index in [1.54, 1.807) is 11.8 Å². The lowest BCUT2D eigenvalue weighted by atomic mass is 10.0. The molecule has 0 spiro atoms. The quantitative estimate of drug-likeness (QED) is 0.655. The summed E-state index contributed by atoms with van der Waals surface area (Å²) in [6.07, 6.45) is 0. The van der Waals surface area contributed by atoms with Crippen LogP contribution in [-0.4, -0.2) is 10.9 Å². The lowest BCUT2D eigenvalue weighted by Gasteiger charge is -2.24. The predicted molar refractivity (Wildman–Crippen MR) is 110 cm³/mol. The van der Waals surface area contributed by atoms with Gasteiger partial charge in [0.25, 0.3) is 0 Å². The Morgan fingerprint density at radius 2 is 1.42 bits per heavy atom. The molecule has 1 atom stereocenters. The van der Waals surface area contributed by atoms with Crippen LogP contribution in [0.15, 0.2) is 101 Å². The van der Waals surface area contributed by atoms with Crippen LogP contribution in [0.1, 0.15) is 16.4 Å². The number of rotatable bonds is 4. The number of thioether (sulfide) groups is 1. The molecule has 1 heterocycles. The van der Waals surface area contributed by atoms with Gasteiger partial charge in [0.15, 0.2) is 0 Å². The molecule has 5 heteroatoms. The third-order valence-corrected chi connectivity index (χ3v) is 5.12. The van der Waals surface area contributed by atoms with E-state index in [4.69, 9.17) is 0 Å². The third-order valence-electron chi connectivity index (χ3n) is 3.98. The predicted octanol–water partition coefficient (Wildman–Crippen LogP) is 4.85. The first-order chi connectivity index (χ1) is 12.9. The Bertz CT molecular complexity index is 909. The van der Waals surface area contributed by atoms with Crippen molar-refractivity contribution in [3.63, 3.8) is 0 Å². The smallest absolute Gasteiger partial charge is 0.202 e. The van der Waals surface area contributed by atoms with Gasteiger partial charge in [-0.15, -0.1) is 5.10 Å². The first-order valence-electron chi connectivity index (χ1n) is 8.39. The fraction of sp³-hybridized carbons (Fsp3) is 0.0476. The summed E-state index contributed by atoms with van der Waals surface area (Å²) in [5, 5.41) is 9.91. The zero-order chi connectivity index (χ0) is 17.6. The van der Waals surface area contributed by atoms with Crippen molar-refractivity contribution >= 4 is 28.3 Å². The maximum Gasteiger partial charge on any atom is 0.202 e. The molecule has 2 N–H and O–H groups in total. The summed E-state index contributed by atoms with van der Waals surface area (Å²) in [6.45, 7) is 0. The van der Waals surface area contributed by atoms with E-state index in [2.05, 4.69) is 57.5 Å². The van der Waals surface area contributed by atoms with Crippen molar-refractivity contribution in [3.05, 3.63) is 102 Å². The number of benzene rings is 3. The zero-order valence-corrected chi connectivity index (χ0v) is 14.9. The minimum Gasteiger partial charge on any atom is -0.276 e. The number of para-hydroxylation sites is 1. The van der Waals surface area contributed by atoms with E-state index >= 15 is 0 Å². The van der Waals surface area contributed by atoms with Gasteiger partial charge in [-0.1, -0.05) is 90.6 Å². The highest BCUT2D eigenvalue weighted by Crippen LogP contribution is 2.35. The summed E-state index contributed by atoms with van der Waals surface area (Å²) in [5.74, 6) is 0. The van der Waals surface area contributed by atoms with Crippen LogP contribution in [0.25, 0.3) is 0 Å². The number of anilines is 1. The van der Waals surface area contributed by atoms with Crippen LogP contribution in [-0.2, 0) is 0 Å². The summed E-state index contributed by atoms with van der Waals surface area (Å²) in [7, 11) is 0. The first-order valence-corrected chi connectivity index (χ1v) is 9.27. The van der Waals surface area contributed by atoms with Gasteiger partial charge in [0.2, 0.25) is 5.17 Å². The normalized spacial score (nSPS) is 18.1. The first kappa shape index (κ1) is 16.4. The molecule has 4 nitrogen and oxygen atoms in total. The molecule has 0 saturated carbocycles. The van der Waals surface area contributed by atoms with Crippen LogP contribution in [0, 0.1) is 0 Å². The van der Waals surface area contributed by atoms with E-state index in [0.717, 1.165) is 22.1 Å². The molecule has 0 radical (unpaired) electrons. The molecule has 0 saturated heterocycles. The van der Waals surface area contributed by atoms with Gasteiger partial charge in [0, 0.05) is 0 Å². The van der Waals surface area contributed by atoms with Gasteiger partial charge >= 0.3 is 0 Å². The molecule has 0 amide bonds. The van der Waals surface area contributed by atoms with Crippen molar-refractivity contribution in [2.45, 2.75) is 5.25 Å². The lowest BCUT2D eigenvalue weighted by molar-refractivity contribution is 1.00. The third kappa shape index (κ3) is 3.78. The Balaban J connectivity index is 1.63. The molecule has 1 aliphatic heterocycles. The van der Waals surface area contributed by atoms with Gasteiger partial charge in [-0.3, -0.25) is 10.9 Å². The molecular weight excluding hydrogens is 340 g/mol. The van der Waals surface area contributed by atoms with Crippen LogP contribution in [0.4, 0.5) is 5.69 Å². The molecule has 1 aliphatic rings. The van der Waals surface area contributed by atoms with Crippen LogP contribution in [0.5, 0.6) is 0 Å². The number of hydrogen-bond acceptors (Lipinski definition) is 4. The number of nitrogens with zero attached hydrogens (tertiary/aromatic N) is 2. The van der Waals surface area contributed by atoms with Gasteiger partial charge in [0.1, 0.15) is 0 Å². The number of nitrogens with one attached hydrogen (secondary N) is 2. The van der Waals surface area contributed by atoms with Gasteiger partial charge in [0.05, 0.1) is 16.6 Å². The topological polar surface area (TPSA) is 48.8 Å². The van der Waals surface area contributed by atoms with Crippen molar-refractivity contribution in [2.24, 2.45) is 10.2 Å². The van der Waals surface area contributed by atoms with Crippen LogP contribution in [0.3, 0.4) is 0 Å². The molecule has 128 valence electrons. The molecule has 0 aliphatic carbocycles.